The Kier molecular flexibility index (Phi) is 3.44. The van der Waals surface area contributed by atoms with Gasteiger partial charge in [-0.25, -0.2) is 0 Å². The van der Waals surface area contributed by atoms with Crippen molar-refractivity contribution in [3.63, 3.8) is 0 Å². The van der Waals surface area contributed by atoms with E-state index in [1.54, 1.807) is 26.1 Å². The highest BCUT2D eigenvalue weighted by molar-refractivity contribution is 6.08. The Morgan fingerprint density at radius 2 is 2.09 bits per heavy atom. The molecule has 114 valence electrons. The number of carbonyl (C=O) groups is 3. The second-order valence-corrected chi connectivity index (χ2v) is 5.69. The number of hydrogen-bond acceptors (Lipinski definition) is 3. The van der Waals surface area contributed by atoms with Gasteiger partial charge in [0, 0.05) is 24.0 Å². The van der Waals surface area contributed by atoms with Crippen molar-refractivity contribution in [2.24, 2.45) is 0 Å². The molecule has 1 aliphatic rings. The molecular weight excluding hydrogens is 282 g/mol. The number of amides is 3. The van der Waals surface area contributed by atoms with Crippen molar-refractivity contribution in [2.45, 2.75) is 32.4 Å². The van der Waals surface area contributed by atoms with Gasteiger partial charge in [-0.15, -0.1) is 0 Å². The molecule has 1 N–H and O–H groups in total. The largest absolute Gasteiger partial charge is 0.340 e. The van der Waals surface area contributed by atoms with Crippen LogP contribution in [0.1, 0.15) is 30.6 Å². The van der Waals surface area contributed by atoms with Gasteiger partial charge in [-0.1, -0.05) is 6.07 Å². The summed E-state index contributed by atoms with van der Waals surface area (Å²) in [5, 5.41) is 2.66. The van der Waals surface area contributed by atoms with Crippen LogP contribution in [0, 0.1) is 0 Å². The summed E-state index contributed by atoms with van der Waals surface area (Å²) in [5.74, 6) is -0.926. The van der Waals surface area contributed by atoms with Crippen LogP contribution in [0.5, 0.6) is 0 Å². The molecule has 1 aliphatic heterocycles. The van der Waals surface area contributed by atoms with Crippen LogP contribution in [0.25, 0.3) is 5.52 Å². The molecule has 3 rings (SSSR count). The van der Waals surface area contributed by atoms with E-state index in [1.807, 2.05) is 28.8 Å². The summed E-state index contributed by atoms with van der Waals surface area (Å²) in [6.07, 6.45) is 3.57. The summed E-state index contributed by atoms with van der Waals surface area (Å²) in [6.45, 7) is 3.56. The third kappa shape index (κ3) is 2.36. The molecule has 3 heterocycles. The van der Waals surface area contributed by atoms with Gasteiger partial charge < -0.3 is 9.72 Å². The minimum Gasteiger partial charge on any atom is -0.340 e. The van der Waals surface area contributed by atoms with Crippen LogP contribution < -0.4 is 5.32 Å². The van der Waals surface area contributed by atoms with Gasteiger partial charge >= 0.3 is 0 Å². The fourth-order valence-corrected chi connectivity index (χ4v) is 2.73. The number of fused-ring (bicyclic) bond motifs is 1. The van der Waals surface area contributed by atoms with Gasteiger partial charge in [-0.05, 0) is 32.0 Å². The summed E-state index contributed by atoms with van der Waals surface area (Å²) < 4.78 is 1.83. The molecule has 1 atom stereocenters. The maximum absolute atomic E-state index is 12.3. The van der Waals surface area contributed by atoms with Gasteiger partial charge in [0.2, 0.25) is 5.91 Å². The zero-order valence-corrected chi connectivity index (χ0v) is 12.4. The summed E-state index contributed by atoms with van der Waals surface area (Å²) in [5.41, 5.74) is 1.36. The fraction of sp³-hybridized carbons (Fsp3) is 0.312. The molecule has 0 spiro atoms. The SMILES string of the molecule is CC(C)N1C(=O)C[C@H](NC(=O)c2cc3ccccn3c2)C1=O. The molecule has 1 saturated heterocycles. The monoisotopic (exact) mass is 299 g/mol. The first-order valence-corrected chi connectivity index (χ1v) is 7.21. The second-order valence-electron chi connectivity index (χ2n) is 5.69. The highest BCUT2D eigenvalue weighted by Crippen LogP contribution is 2.17. The van der Waals surface area contributed by atoms with E-state index in [1.165, 1.54) is 4.90 Å². The molecule has 0 aromatic carbocycles. The van der Waals surface area contributed by atoms with E-state index in [0.29, 0.717) is 5.56 Å². The van der Waals surface area contributed by atoms with Crippen molar-refractivity contribution < 1.29 is 14.4 Å². The minimum absolute atomic E-state index is 0.0239. The van der Waals surface area contributed by atoms with Gasteiger partial charge in [0.25, 0.3) is 11.8 Å². The van der Waals surface area contributed by atoms with E-state index in [0.717, 1.165) is 5.52 Å². The Hall–Kier alpha value is -2.63. The standard InChI is InChI=1S/C16H17N3O3/c1-10(2)19-14(20)8-13(16(19)22)17-15(21)11-7-12-5-3-4-6-18(12)9-11/h3-7,9-10,13H,8H2,1-2H3,(H,17,21)/t13-/m0/s1. The van der Waals surface area contributed by atoms with E-state index >= 15 is 0 Å². The van der Waals surface area contributed by atoms with Crippen molar-refractivity contribution in [3.05, 3.63) is 42.2 Å². The normalized spacial score (nSPS) is 18.5. The van der Waals surface area contributed by atoms with Crippen molar-refractivity contribution >= 4 is 23.2 Å². The molecule has 2 aromatic heterocycles. The van der Waals surface area contributed by atoms with Crippen molar-refractivity contribution in [1.29, 1.82) is 0 Å². The Labute approximate surface area is 127 Å². The molecule has 6 heteroatoms. The number of likely N-dealkylation sites (tertiary alicyclic amines) is 1. The van der Waals surface area contributed by atoms with Crippen molar-refractivity contribution in [1.82, 2.24) is 14.6 Å². The molecule has 3 amide bonds. The predicted molar refractivity (Wildman–Crippen MR) is 80.3 cm³/mol. The summed E-state index contributed by atoms with van der Waals surface area (Å²) >= 11 is 0. The summed E-state index contributed by atoms with van der Waals surface area (Å²) in [4.78, 5) is 37.5. The maximum Gasteiger partial charge on any atom is 0.253 e. The Balaban J connectivity index is 1.77. The topological polar surface area (TPSA) is 70.9 Å². The zero-order chi connectivity index (χ0) is 15.9. The Bertz CT molecular complexity index is 730. The summed E-state index contributed by atoms with van der Waals surface area (Å²) in [7, 11) is 0. The first-order chi connectivity index (χ1) is 10.5. The van der Waals surface area contributed by atoms with Gasteiger partial charge in [-0.3, -0.25) is 19.3 Å². The number of imide groups is 1. The lowest BCUT2D eigenvalue weighted by atomic mass is 10.2. The average Bonchev–Trinajstić information content (AvgIpc) is 3.00. The number of hydrogen-bond donors (Lipinski definition) is 1. The van der Waals surface area contributed by atoms with Crippen LogP contribution in [0.4, 0.5) is 0 Å². The third-order valence-electron chi connectivity index (χ3n) is 3.77. The number of rotatable bonds is 3. The van der Waals surface area contributed by atoms with Crippen molar-refractivity contribution in [3.8, 4) is 0 Å². The van der Waals surface area contributed by atoms with E-state index in [4.69, 9.17) is 0 Å². The highest BCUT2D eigenvalue weighted by atomic mass is 16.2. The lowest BCUT2D eigenvalue weighted by molar-refractivity contribution is -0.140. The molecule has 1 fully saturated rings. The predicted octanol–water partition coefficient (Wildman–Crippen LogP) is 1.20. The fourth-order valence-electron chi connectivity index (χ4n) is 2.73. The average molecular weight is 299 g/mol. The minimum atomic E-state index is -0.773. The molecule has 6 nitrogen and oxygen atoms in total. The van der Waals surface area contributed by atoms with Crippen molar-refractivity contribution in [2.75, 3.05) is 0 Å². The van der Waals surface area contributed by atoms with E-state index in [2.05, 4.69) is 5.32 Å². The summed E-state index contributed by atoms with van der Waals surface area (Å²) in [6, 6.07) is 6.42. The number of nitrogens with one attached hydrogen (secondary N) is 1. The third-order valence-corrected chi connectivity index (χ3v) is 3.77. The molecule has 2 aromatic rings. The van der Waals surface area contributed by atoms with Crippen LogP contribution in [-0.4, -0.2) is 39.1 Å². The molecule has 0 radical (unpaired) electrons. The van der Waals surface area contributed by atoms with Crippen LogP contribution in [-0.2, 0) is 9.59 Å². The lowest BCUT2D eigenvalue weighted by Crippen LogP contribution is -2.43. The van der Waals surface area contributed by atoms with Crippen LogP contribution in [0.15, 0.2) is 36.7 Å². The smallest absolute Gasteiger partial charge is 0.253 e. The maximum atomic E-state index is 12.3. The first kappa shape index (κ1) is 14.3. The zero-order valence-electron chi connectivity index (χ0n) is 12.4. The van der Waals surface area contributed by atoms with Gasteiger partial charge in [-0.2, -0.15) is 0 Å². The molecule has 0 aliphatic carbocycles. The molecule has 0 unspecified atom stereocenters. The highest BCUT2D eigenvalue weighted by Gasteiger charge is 2.40. The Morgan fingerprint density at radius 3 is 2.73 bits per heavy atom. The number of carbonyl (C=O) groups excluding carboxylic acids is 3. The van der Waals surface area contributed by atoms with Crippen LogP contribution in [0.2, 0.25) is 0 Å². The molecule has 0 bridgehead atoms. The van der Waals surface area contributed by atoms with E-state index in [9.17, 15) is 14.4 Å². The molecule has 22 heavy (non-hydrogen) atoms. The molecule has 0 saturated carbocycles. The van der Waals surface area contributed by atoms with Crippen LogP contribution in [0.3, 0.4) is 0 Å². The van der Waals surface area contributed by atoms with Gasteiger partial charge in [0.1, 0.15) is 6.04 Å². The Morgan fingerprint density at radius 1 is 1.32 bits per heavy atom. The quantitative estimate of drug-likeness (QED) is 0.866. The lowest BCUT2D eigenvalue weighted by Gasteiger charge is -2.19. The van der Waals surface area contributed by atoms with Gasteiger partial charge in [0.05, 0.1) is 12.0 Å². The van der Waals surface area contributed by atoms with E-state index < -0.39 is 6.04 Å². The number of nitrogens with zero attached hydrogens (tertiary/aromatic N) is 2. The van der Waals surface area contributed by atoms with Gasteiger partial charge in [0.15, 0.2) is 0 Å². The van der Waals surface area contributed by atoms with E-state index in [-0.39, 0.29) is 30.2 Å². The second kappa shape index (κ2) is 5.29. The number of aromatic nitrogens is 1. The number of pyridine rings is 1. The first-order valence-electron chi connectivity index (χ1n) is 7.21. The van der Waals surface area contributed by atoms with Crippen LogP contribution >= 0.6 is 0 Å². The molecular formula is C16H17N3O3.